The van der Waals surface area contributed by atoms with E-state index in [2.05, 4.69) is 388 Å². The molecule has 2 aliphatic carbocycles. The summed E-state index contributed by atoms with van der Waals surface area (Å²) in [6, 6.07) is 157. The summed E-state index contributed by atoms with van der Waals surface area (Å²) in [6.45, 7) is 64.0. The van der Waals surface area contributed by atoms with Crippen molar-refractivity contribution in [2.45, 2.75) is 241 Å². The van der Waals surface area contributed by atoms with Crippen LogP contribution in [-0.2, 0) is 19.3 Å². The molecule has 135 heavy (non-hydrogen) atoms. The van der Waals surface area contributed by atoms with Crippen molar-refractivity contribution in [2.24, 2.45) is 0 Å². The van der Waals surface area contributed by atoms with E-state index in [9.17, 15) is 0 Å². The van der Waals surface area contributed by atoms with Gasteiger partial charge in [0.2, 0.25) is 0 Å². The molecule has 0 unspecified atom stereocenters. The summed E-state index contributed by atoms with van der Waals surface area (Å²) < 4.78 is 0. The van der Waals surface area contributed by atoms with Gasteiger partial charge in [-0.1, -0.05) is 658 Å². The quantitative estimate of drug-likeness (QED) is 0.122. The van der Waals surface area contributed by atoms with Gasteiger partial charge in [-0.2, -0.15) is 0 Å². The molecule has 0 atom stereocenters. The minimum atomic E-state index is 1.10. The first kappa shape index (κ1) is 126. The molecular formula is C135H176. The molecule has 0 heteroatoms. The van der Waals surface area contributed by atoms with E-state index in [-0.39, 0.29) is 0 Å². The Balaban J connectivity index is -0.00000142. The Labute approximate surface area is 826 Å². The first-order chi connectivity index (χ1) is 67.1. The van der Waals surface area contributed by atoms with E-state index in [0.717, 1.165) is 19.3 Å². The Kier molecular flexibility index (Phi) is 80.7. The largest absolute Gasteiger partial charge is 0.0683 e. The maximum atomic E-state index is 2.24. The van der Waals surface area contributed by atoms with Gasteiger partial charge in [-0.15, -0.1) is 0 Å². The monoisotopic (exact) mass is 1800 g/mol. The summed E-state index contributed by atoms with van der Waals surface area (Å²) in [5.74, 6) is 0. The number of rotatable bonds is 3. The fourth-order valence-corrected chi connectivity index (χ4v) is 13.7. The molecule has 0 nitrogen and oxygen atoms in total. The van der Waals surface area contributed by atoms with Crippen LogP contribution in [0.4, 0.5) is 0 Å². The lowest BCUT2D eigenvalue weighted by Gasteiger charge is -2.18. The highest BCUT2D eigenvalue weighted by Gasteiger charge is 2.17. The molecule has 2 aliphatic rings. The SMILES string of the molecule is CC.CC.CC.CC.CC.CC.CC.CC.CC.CC.CC.CC.CC.CC.CC.CC.c1cc2ccc3cccc4ccc(c1)c2c34.c1ccc(-c2ccc(-c3ccccc3)cc2)cc1.c1ccc(-c2ccccc2)cc1.c1ccc2c(c1)Cc1ccccc1-2.c1ccc2c(c1)Cc1ccccc1C2.c1ccc2cc3ccccc3cc2c1.c1ccc2ccccc2c1.c1ccccc1. The van der Waals surface area contributed by atoms with Gasteiger partial charge in [-0.25, -0.2) is 0 Å². The molecule has 0 fully saturated rings. The van der Waals surface area contributed by atoms with E-state index in [1.54, 1.807) is 0 Å². The first-order valence-electron chi connectivity index (χ1n) is 51.7. The lowest BCUT2D eigenvalue weighted by Crippen LogP contribution is -2.06. The van der Waals surface area contributed by atoms with Crippen molar-refractivity contribution < 1.29 is 0 Å². The molecule has 0 spiro atoms. The van der Waals surface area contributed by atoms with Crippen LogP contribution in [0.2, 0.25) is 0 Å². The minimum absolute atomic E-state index is 1.10. The summed E-state index contributed by atoms with van der Waals surface area (Å²) >= 11 is 0. The van der Waals surface area contributed by atoms with E-state index < -0.39 is 0 Å². The third-order valence-corrected chi connectivity index (χ3v) is 19.0. The van der Waals surface area contributed by atoms with Gasteiger partial charge in [0.15, 0.2) is 0 Å². The van der Waals surface area contributed by atoms with Gasteiger partial charge >= 0.3 is 0 Å². The van der Waals surface area contributed by atoms with Crippen LogP contribution in [0.5, 0.6) is 0 Å². The fraction of sp³-hybridized carbons (Fsp3) is 0.259. The predicted molar refractivity (Wildman–Crippen MR) is 626 cm³/mol. The van der Waals surface area contributed by atoms with Crippen LogP contribution in [0.25, 0.3) is 109 Å². The summed E-state index contributed by atoms with van der Waals surface area (Å²) in [5.41, 5.74) is 19.3. The van der Waals surface area contributed by atoms with E-state index >= 15 is 0 Å². The topological polar surface area (TPSA) is 0 Å². The fourth-order valence-electron chi connectivity index (χ4n) is 13.7. The molecule has 0 aliphatic heterocycles. The second-order valence-corrected chi connectivity index (χ2v) is 25.8. The molecule has 19 aromatic carbocycles. The third kappa shape index (κ3) is 44.2. The minimum Gasteiger partial charge on any atom is -0.0683 e. The third-order valence-electron chi connectivity index (χ3n) is 19.0. The Morgan fingerprint density at radius 2 is 0.244 bits per heavy atom. The van der Waals surface area contributed by atoms with Gasteiger partial charge < -0.3 is 0 Å². The van der Waals surface area contributed by atoms with E-state index in [1.807, 2.05) is 282 Å². The second-order valence-electron chi connectivity index (χ2n) is 25.8. The number of fused-ring (bicyclic) bond motifs is 8. The molecule has 21 rings (SSSR count). The lowest BCUT2D eigenvalue weighted by atomic mass is 9.86. The smallest absolute Gasteiger partial charge is 0.00135 e. The second kappa shape index (κ2) is 86.4. The molecule has 0 saturated heterocycles. The molecular weight excluding hydrogens is 1620 g/mol. The van der Waals surface area contributed by atoms with Gasteiger partial charge in [0.1, 0.15) is 0 Å². The zero-order valence-electron chi connectivity index (χ0n) is 89.8. The molecule has 0 bridgehead atoms. The van der Waals surface area contributed by atoms with Gasteiger partial charge in [0, 0.05) is 0 Å². The molecule has 0 aromatic heterocycles. The highest BCUT2D eigenvalue weighted by atomic mass is 14.2. The van der Waals surface area contributed by atoms with Crippen molar-refractivity contribution in [3.63, 3.8) is 0 Å². The van der Waals surface area contributed by atoms with Crippen LogP contribution in [-0.4, -0.2) is 0 Å². The van der Waals surface area contributed by atoms with E-state index in [4.69, 9.17) is 0 Å². The Morgan fingerprint density at radius 1 is 0.104 bits per heavy atom. The Hall–Kier alpha value is -13.0. The molecule has 0 saturated carbocycles. The van der Waals surface area contributed by atoms with Crippen molar-refractivity contribution in [2.75, 3.05) is 0 Å². The molecule has 0 heterocycles. The number of hydrogen-bond donors (Lipinski definition) is 0. The van der Waals surface area contributed by atoms with Crippen LogP contribution >= 0.6 is 0 Å². The van der Waals surface area contributed by atoms with Gasteiger partial charge in [0.25, 0.3) is 0 Å². The Bertz CT molecular complexity index is 5250. The van der Waals surface area contributed by atoms with Crippen LogP contribution in [0.1, 0.15) is 255 Å². The van der Waals surface area contributed by atoms with Gasteiger partial charge in [0.05, 0.1) is 0 Å². The molecule has 0 amide bonds. The van der Waals surface area contributed by atoms with Crippen LogP contribution < -0.4 is 0 Å². The molecule has 0 N–H and O–H groups in total. The highest BCUT2D eigenvalue weighted by Crippen LogP contribution is 2.37. The van der Waals surface area contributed by atoms with Crippen LogP contribution in [0.3, 0.4) is 0 Å². The summed E-state index contributed by atoms with van der Waals surface area (Å²) in [5, 5.41) is 16.0. The maximum absolute atomic E-state index is 2.24. The summed E-state index contributed by atoms with van der Waals surface area (Å²) in [4.78, 5) is 0. The van der Waals surface area contributed by atoms with E-state index in [0.29, 0.717) is 0 Å². The van der Waals surface area contributed by atoms with E-state index in [1.165, 1.54) is 143 Å². The number of benzene rings is 19. The highest BCUT2D eigenvalue weighted by molar-refractivity contribution is 6.22. The predicted octanol–water partition coefficient (Wildman–Crippen LogP) is 44.3. The molecule has 0 radical (unpaired) electrons. The van der Waals surface area contributed by atoms with Crippen molar-refractivity contribution in [3.05, 3.63) is 482 Å². The van der Waals surface area contributed by atoms with Gasteiger partial charge in [-0.05, 0) is 174 Å². The maximum Gasteiger partial charge on any atom is -0.00135 e. The zero-order valence-corrected chi connectivity index (χ0v) is 89.8. The average Bonchev–Trinajstić information content (AvgIpc) is 1.74. The Morgan fingerprint density at radius 3 is 0.452 bits per heavy atom. The van der Waals surface area contributed by atoms with Gasteiger partial charge in [-0.3, -0.25) is 0 Å². The average molecular weight is 1800 g/mol. The van der Waals surface area contributed by atoms with Crippen molar-refractivity contribution in [3.8, 4) is 44.5 Å². The normalized spacial score (nSPS) is 9.10. The molecule has 19 aromatic rings. The summed E-state index contributed by atoms with van der Waals surface area (Å²) in [6.07, 6.45) is 3.31. The van der Waals surface area contributed by atoms with Crippen molar-refractivity contribution in [1.82, 2.24) is 0 Å². The van der Waals surface area contributed by atoms with Crippen LogP contribution in [0, 0.1) is 0 Å². The van der Waals surface area contributed by atoms with Crippen molar-refractivity contribution in [1.29, 1.82) is 0 Å². The lowest BCUT2D eigenvalue weighted by molar-refractivity contribution is 1.00. The van der Waals surface area contributed by atoms with Crippen LogP contribution in [0.15, 0.2) is 449 Å². The number of hydrogen-bond acceptors (Lipinski definition) is 0. The zero-order chi connectivity index (χ0) is 101. The summed E-state index contributed by atoms with van der Waals surface area (Å²) in [7, 11) is 0. The van der Waals surface area contributed by atoms with Crippen molar-refractivity contribution >= 4 is 64.6 Å². The first-order valence-corrected chi connectivity index (χ1v) is 51.7. The molecule has 716 valence electrons. The standard InChI is InChI=1S/C18H14.C16H10.C14H12.C14H10.C13H10.C12H10.C10H8.C6H6.16C2H6/c1-3-7-15(8-4-1)17-11-13-18(14-12-17)16-9-5-2-6-10-16;1-3-11-7-9-13-5-2-6-14-10-8-12(4-1)15(11)16(13)14;2*1-2-6-12-10-14-8-4-3-7-13(14)9-11(12)5-1;1-3-7-12-10(5-1)9-11-6-2-4-8-13(11)12;1-3-7-11(8-4-1)12-9-5-2-6-10-12;1-2-6-10-8-4-3-7-9(10)5-1;1-2-4-6-5-3-1;16*1-2/h1-14H;1-10H;1-8H,9-10H2;1-10H;1-8H,9H2;1-10H;1-8H;1-6H;16*1-2H3.